The first-order valence-electron chi connectivity index (χ1n) is 32.3. The third-order valence-corrected chi connectivity index (χ3v) is 19.3. The molecule has 9 aromatic carbocycles. The van der Waals surface area contributed by atoms with Crippen LogP contribution in [0.15, 0.2) is 228 Å². The SMILES string of the molecule is CCCCc1ccc(N(c2ccc(CCCC)cc2)c2ccc(/C=C/c3ccc(/C=C/c4ccc(N(c5ccc(CCCC)cc5)c5cccc(CCCC)c5)cc4[S+](C)Cc4ccccc4)cc3)c([S+](C)Cc3ccccc3)c2)cc1.[F][Sb-]([F])([F])([F])([F])[F].[F][Sb-]([F])([F])([F])([F])[F]. The maximum atomic E-state index is 9.93. The van der Waals surface area contributed by atoms with Crippen molar-refractivity contribution in [2.24, 2.45) is 0 Å². The van der Waals surface area contributed by atoms with E-state index in [4.69, 9.17) is 0 Å². The first-order chi connectivity index (χ1) is 45.2. The molecule has 0 saturated heterocycles. The van der Waals surface area contributed by atoms with Gasteiger partial charge in [0.1, 0.15) is 24.0 Å². The van der Waals surface area contributed by atoms with Gasteiger partial charge < -0.3 is 9.80 Å². The van der Waals surface area contributed by atoms with E-state index in [2.05, 4.69) is 293 Å². The van der Waals surface area contributed by atoms with Crippen molar-refractivity contribution < 1.29 is 33.8 Å². The van der Waals surface area contributed by atoms with Gasteiger partial charge in [-0.3, -0.25) is 0 Å². The first kappa shape index (κ1) is 76.9. The molecule has 96 heavy (non-hydrogen) atoms. The Kier molecular flexibility index (Phi) is 26.4. The number of anilines is 6. The zero-order valence-electron chi connectivity index (χ0n) is 55.1. The molecule has 2 unspecified atom stereocenters. The van der Waals surface area contributed by atoms with E-state index in [1.165, 1.54) is 151 Å². The van der Waals surface area contributed by atoms with Gasteiger partial charge in [0.15, 0.2) is 9.79 Å². The van der Waals surface area contributed by atoms with Crippen LogP contribution in [0.1, 0.15) is 135 Å². The number of hydrogen-bond donors (Lipinski definition) is 0. The Hall–Kier alpha value is -6.44. The molecular weight excluding hydrogens is 1500 g/mol. The molecule has 0 aromatic heterocycles. The van der Waals surface area contributed by atoms with Gasteiger partial charge in [-0.05, 0) is 170 Å². The van der Waals surface area contributed by atoms with Crippen LogP contribution < -0.4 is 9.80 Å². The zero-order valence-corrected chi connectivity index (χ0v) is 61.9. The second-order valence-corrected chi connectivity index (χ2v) is 38.9. The molecule has 514 valence electrons. The summed E-state index contributed by atoms with van der Waals surface area (Å²) in [6.45, 7) is 9.09. The van der Waals surface area contributed by atoms with Gasteiger partial charge in [0.25, 0.3) is 0 Å². The second-order valence-electron chi connectivity index (χ2n) is 24.0. The Morgan fingerprint density at radius 3 is 0.896 bits per heavy atom. The minimum atomic E-state index is -11.2. The van der Waals surface area contributed by atoms with Gasteiger partial charge in [0, 0.05) is 78.9 Å². The summed E-state index contributed by atoms with van der Waals surface area (Å²) in [5.41, 5.74) is 20.3. The van der Waals surface area contributed by atoms with Crippen LogP contribution in [0.3, 0.4) is 0 Å². The van der Waals surface area contributed by atoms with E-state index in [0.29, 0.717) is 0 Å². The summed E-state index contributed by atoms with van der Waals surface area (Å²) < 4.78 is 119. The monoisotopic (exact) mass is 1580 g/mol. The van der Waals surface area contributed by atoms with Gasteiger partial charge in [-0.2, -0.15) is 0 Å². The molecule has 0 fully saturated rings. The van der Waals surface area contributed by atoms with E-state index >= 15 is 0 Å². The van der Waals surface area contributed by atoms with Crippen LogP contribution in [0.4, 0.5) is 67.9 Å². The molecule has 0 aliphatic carbocycles. The van der Waals surface area contributed by atoms with Crippen molar-refractivity contribution in [1.29, 1.82) is 0 Å². The average molecular weight is 1590 g/mol. The summed E-state index contributed by atoms with van der Waals surface area (Å²) in [6.07, 6.45) is 28.1. The number of unbranched alkanes of at least 4 members (excludes halogenated alkanes) is 4. The van der Waals surface area contributed by atoms with E-state index in [-0.39, 0.29) is 21.8 Å². The molecule has 0 N–H and O–H groups in total. The van der Waals surface area contributed by atoms with Crippen molar-refractivity contribution in [2.75, 3.05) is 22.3 Å². The summed E-state index contributed by atoms with van der Waals surface area (Å²) in [7, 11) is -0.138. The Balaban J connectivity index is 0.000000837. The van der Waals surface area contributed by atoms with E-state index < -0.39 is 39.0 Å². The number of rotatable bonds is 28. The van der Waals surface area contributed by atoms with Gasteiger partial charge >= 0.3 is 72.7 Å². The van der Waals surface area contributed by atoms with Crippen molar-refractivity contribution in [3.05, 3.63) is 274 Å². The summed E-state index contributed by atoms with van der Waals surface area (Å²) >= 11 is -22.5. The normalized spacial score (nSPS) is 13.9. The quantitative estimate of drug-likeness (QED) is 0.0209. The Labute approximate surface area is 570 Å². The molecule has 9 aromatic rings. The second kappa shape index (κ2) is 32.9. The molecule has 0 radical (unpaired) electrons. The summed E-state index contributed by atoms with van der Waals surface area (Å²) in [4.78, 5) is 7.67. The van der Waals surface area contributed by atoms with Crippen molar-refractivity contribution in [3.63, 3.8) is 0 Å². The Morgan fingerprint density at radius 1 is 0.292 bits per heavy atom. The van der Waals surface area contributed by atoms with Crippen LogP contribution in [0, 0.1) is 0 Å². The molecule has 0 heterocycles. The standard InChI is InChI=1S/C78H86N2S2.12FH.2Sb/c1-7-11-22-61-38-48-71(49-39-61)79(72-50-40-62(41-51-72)23-12-8-2)75-54-46-69(77(57-75)81(5)59-67-26-17-15-18-27-67)44-36-64-32-34-65(35-33-64)37-45-70-47-55-76(58-78(70)82(6)60-68-28-19-16-20-29-68)80(73-52-42-63(43-53-73)24-13-9-3)74-31-21-30-66(56-74)25-14-10-4;;;;;;;;;;;;;;/h15-21,26-58H,7-14,22-25,59-60H2,1-6H3;12*1H;;/q+2;;;;;;;;;;;;;2*+5/p-12/b44-36+,45-37+;;;;;;;;;;;;;;. The topological polar surface area (TPSA) is 6.48 Å². The molecule has 9 rings (SSSR count). The van der Waals surface area contributed by atoms with Crippen LogP contribution in [-0.2, 0) is 59.0 Å². The molecule has 2 nitrogen and oxygen atoms in total. The fraction of sp³-hybridized carbons (Fsp3) is 0.256. The van der Waals surface area contributed by atoms with Crippen LogP contribution in [0.25, 0.3) is 24.3 Å². The number of aryl methyl sites for hydroxylation is 4. The fourth-order valence-corrected chi connectivity index (χ4v) is 14.2. The first-order valence-corrected chi connectivity index (χ1v) is 47.5. The van der Waals surface area contributed by atoms with Crippen LogP contribution in [-0.4, -0.2) is 51.5 Å². The third-order valence-electron chi connectivity index (χ3n) is 15.6. The minimum absolute atomic E-state index is 0.0683. The molecule has 0 aliphatic heterocycles. The molecule has 0 aliphatic rings. The molecular formula is C78H86F12N2S2Sb2. The van der Waals surface area contributed by atoms with Crippen molar-refractivity contribution in [1.82, 2.24) is 0 Å². The summed E-state index contributed by atoms with van der Waals surface area (Å²) in [5.74, 6) is 1.97. The number of benzene rings is 9. The fourth-order valence-electron chi connectivity index (χ4n) is 10.8. The molecule has 0 bridgehead atoms. The molecule has 0 saturated carbocycles. The van der Waals surface area contributed by atoms with E-state index in [1.54, 1.807) is 0 Å². The Morgan fingerprint density at radius 2 is 0.573 bits per heavy atom. The van der Waals surface area contributed by atoms with Crippen molar-refractivity contribution >= 4 is 119 Å². The predicted molar refractivity (Wildman–Crippen MR) is 389 cm³/mol. The van der Waals surface area contributed by atoms with Gasteiger partial charge in [-0.25, -0.2) is 0 Å². The summed E-state index contributed by atoms with van der Waals surface area (Å²) in [5, 5.41) is 0. The third kappa shape index (κ3) is 28.6. The Bertz CT molecular complexity index is 3850. The van der Waals surface area contributed by atoms with E-state index in [9.17, 15) is 33.8 Å². The zero-order chi connectivity index (χ0) is 69.7. The van der Waals surface area contributed by atoms with Crippen LogP contribution in [0.5, 0.6) is 0 Å². The number of nitrogens with zero attached hydrogens (tertiary/aromatic N) is 2. The molecule has 0 spiro atoms. The van der Waals surface area contributed by atoms with Gasteiger partial charge in [-0.15, -0.1) is 0 Å². The van der Waals surface area contributed by atoms with Gasteiger partial charge in [0.05, 0.1) is 11.4 Å². The molecule has 2 atom stereocenters. The molecule has 0 amide bonds. The average Bonchev–Trinajstić information content (AvgIpc) is 0.806. The van der Waals surface area contributed by atoms with Crippen molar-refractivity contribution in [3.8, 4) is 0 Å². The van der Waals surface area contributed by atoms with Gasteiger partial charge in [0.2, 0.25) is 0 Å². The van der Waals surface area contributed by atoms with E-state index in [1.807, 2.05) is 0 Å². The molecule has 18 heteroatoms. The maximum absolute atomic E-state index is 11.2. The summed E-state index contributed by atoms with van der Waals surface area (Å²) in [6, 6.07) is 82.4. The van der Waals surface area contributed by atoms with Crippen LogP contribution >= 0.6 is 0 Å². The van der Waals surface area contributed by atoms with E-state index in [0.717, 1.165) is 37.2 Å². The number of hydrogen-bond acceptors (Lipinski definition) is 2. The van der Waals surface area contributed by atoms with Crippen LogP contribution in [0.2, 0.25) is 0 Å². The van der Waals surface area contributed by atoms with Crippen molar-refractivity contribution in [2.45, 2.75) is 126 Å². The predicted octanol–water partition coefficient (Wildman–Crippen LogP) is 26.2. The van der Waals surface area contributed by atoms with Gasteiger partial charge in [-0.1, -0.05) is 199 Å². The number of halogens is 12.